The molecule has 1 saturated carbocycles. The molecule has 0 aliphatic heterocycles. The van der Waals surface area contributed by atoms with Crippen molar-refractivity contribution in [3.05, 3.63) is 28.3 Å². The van der Waals surface area contributed by atoms with Crippen molar-refractivity contribution in [2.45, 2.75) is 37.7 Å². The minimum atomic E-state index is -3.65. The summed E-state index contributed by atoms with van der Waals surface area (Å²) in [7, 11) is -2.10. The van der Waals surface area contributed by atoms with Crippen molar-refractivity contribution in [3.63, 3.8) is 0 Å². The molecule has 1 aromatic rings. The van der Waals surface area contributed by atoms with Crippen molar-refractivity contribution < 1.29 is 37.0 Å². The predicted molar refractivity (Wildman–Crippen MR) is 113 cm³/mol. The largest absolute Gasteiger partial charge is 0.382 e. The zero-order valence-corrected chi connectivity index (χ0v) is 19.2. The number of carbonyl (C=O) groups is 3. The molecule has 1 aliphatic carbocycles. The summed E-state index contributed by atoms with van der Waals surface area (Å²) in [6.45, 7) is 2.59. The van der Waals surface area contributed by atoms with E-state index in [2.05, 4.69) is 0 Å². The van der Waals surface area contributed by atoms with Gasteiger partial charge in [0.05, 0.1) is 48.7 Å². The van der Waals surface area contributed by atoms with Crippen molar-refractivity contribution in [1.29, 1.82) is 0 Å². The lowest BCUT2D eigenvalue weighted by Crippen LogP contribution is -2.35. The van der Waals surface area contributed by atoms with Crippen LogP contribution in [0.15, 0.2) is 17.0 Å². The van der Waals surface area contributed by atoms with E-state index < -0.39 is 33.1 Å². The first-order valence-corrected chi connectivity index (χ1v) is 12.1. The Hall–Kier alpha value is -1.65. The van der Waals surface area contributed by atoms with Crippen LogP contribution in [0.5, 0.6) is 0 Å². The number of hydrogen-bond acceptors (Lipinski definition) is 8. The lowest BCUT2D eigenvalue weighted by molar-refractivity contribution is -0.133. The minimum absolute atomic E-state index is 0.0434. The Morgan fingerprint density at radius 2 is 1.68 bits per heavy atom. The Labute approximate surface area is 187 Å². The molecule has 31 heavy (non-hydrogen) atoms. The Morgan fingerprint density at radius 1 is 1.06 bits per heavy atom. The Kier molecular flexibility index (Phi) is 9.77. The lowest BCUT2D eigenvalue weighted by atomic mass is 9.81. The van der Waals surface area contributed by atoms with Gasteiger partial charge in [0.2, 0.25) is 0 Å². The Morgan fingerprint density at radius 3 is 2.29 bits per heavy atom. The molecule has 0 unspecified atom stereocenters. The summed E-state index contributed by atoms with van der Waals surface area (Å²) in [4.78, 5) is 37.3. The van der Waals surface area contributed by atoms with Gasteiger partial charge in [-0.25, -0.2) is 8.42 Å². The van der Waals surface area contributed by atoms with Gasteiger partial charge in [-0.05, 0) is 18.6 Å². The summed E-state index contributed by atoms with van der Waals surface area (Å²) in [6, 6.07) is 2.54. The molecule has 1 aliphatic rings. The third kappa shape index (κ3) is 6.43. The molecule has 8 nitrogen and oxygen atoms in total. The van der Waals surface area contributed by atoms with Gasteiger partial charge in [-0.2, -0.15) is 0 Å². The van der Waals surface area contributed by atoms with E-state index in [0.717, 1.165) is 0 Å². The fourth-order valence-corrected chi connectivity index (χ4v) is 4.76. The number of benzene rings is 1. The molecule has 0 amide bonds. The highest BCUT2D eigenvalue weighted by Gasteiger charge is 2.38. The molecule has 172 valence electrons. The molecule has 10 heteroatoms. The van der Waals surface area contributed by atoms with Gasteiger partial charge in [-0.1, -0.05) is 18.5 Å². The molecule has 0 spiro atoms. The molecular formula is C21H27ClO8S. The van der Waals surface area contributed by atoms with E-state index in [1.807, 2.05) is 0 Å². The third-order valence-corrected chi connectivity index (χ3v) is 7.23. The zero-order valence-electron chi connectivity index (χ0n) is 17.6. The molecule has 1 fully saturated rings. The van der Waals surface area contributed by atoms with Crippen LogP contribution in [0.4, 0.5) is 0 Å². The molecule has 0 atom stereocenters. The number of halogens is 1. The van der Waals surface area contributed by atoms with Crippen molar-refractivity contribution in [2.24, 2.45) is 5.92 Å². The normalized spacial score (nSPS) is 15.5. The first-order chi connectivity index (χ1) is 14.7. The number of carbonyl (C=O) groups excluding carboxylic acids is 3. The van der Waals surface area contributed by atoms with Crippen molar-refractivity contribution in [3.8, 4) is 0 Å². The molecule has 2 rings (SSSR count). The molecule has 0 N–H and O–H groups in total. The van der Waals surface area contributed by atoms with Gasteiger partial charge in [-0.3, -0.25) is 14.4 Å². The van der Waals surface area contributed by atoms with Crippen LogP contribution < -0.4 is 0 Å². The molecular weight excluding hydrogens is 448 g/mol. The van der Waals surface area contributed by atoms with Crippen molar-refractivity contribution in [2.75, 3.05) is 39.3 Å². The van der Waals surface area contributed by atoms with Crippen LogP contribution in [-0.2, 0) is 40.2 Å². The van der Waals surface area contributed by atoms with Crippen LogP contribution in [-0.4, -0.2) is 65.1 Å². The van der Waals surface area contributed by atoms with E-state index in [1.54, 1.807) is 7.11 Å². The molecule has 0 heterocycles. The predicted octanol–water partition coefficient (Wildman–Crippen LogP) is 2.43. The van der Waals surface area contributed by atoms with E-state index >= 15 is 0 Å². The van der Waals surface area contributed by atoms with E-state index in [9.17, 15) is 22.8 Å². The number of methoxy groups -OCH3 is 1. The van der Waals surface area contributed by atoms with E-state index in [4.69, 9.17) is 25.8 Å². The Balaban J connectivity index is 2.29. The summed E-state index contributed by atoms with van der Waals surface area (Å²) in [6.07, 6.45) is 0.733. The fourth-order valence-electron chi connectivity index (χ4n) is 3.26. The molecule has 0 saturated heterocycles. The summed E-state index contributed by atoms with van der Waals surface area (Å²) in [5, 5.41) is -0.119. The van der Waals surface area contributed by atoms with Crippen LogP contribution in [0.2, 0.25) is 5.02 Å². The summed E-state index contributed by atoms with van der Waals surface area (Å²) in [5.41, 5.74) is 0.0715. The van der Waals surface area contributed by atoms with Crippen LogP contribution >= 0.6 is 11.6 Å². The first kappa shape index (κ1) is 25.6. The maximum Gasteiger partial charge on any atom is 0.182 e. The number of Topliss-reactive ketones (excluding diaryl/α,β-unsaturated/α-hetero) is 3. The van der Waals surface area contributed by atoms with Gasteiger partial charge in [-0.15, -0.1) is 0 Å². The first-order valence-electron chi connectivity index (χ1n) is 10.0. The van der Waals surface area contributed by atoms with Gasteiger partial charge in [0.25, 0.3) is 0 Å². The topological polar surface area (TPSA) is 113 Å². The monoisotopic (exact) mass is 474 g/mol. The molecule has 0 aromatic heterocycles. The van der Waals surface area contributed by atoms with Crippen LogP contribution in [0.25, 0.3) is 0 Å². The number of ketones is 3. The summed E-state index contributed by atoms with van der Waals surface area (Å²) < 4.78 is 40.7. The third-order valence-electron chi connectivity index (χ3n) is 4.98. The highest BCUT2D eigenvalue weighted by atomic mass is 35.5. The average Bonchev–Trinajstić information content (AvgIpc) is 2.73. The summed E-state index contributed by atoms with van der Waals surface area (Å²) >= 11 is 6.43. The second kappa shape index (κ2) is 11.8. The second-order valence-corrected chi connectivity index (χ2v) is 9.67. The van der Waals surface area contributed by atoms with E-state index in [0.29, 0.717) is 19.6 Å². The highest BCUT2D eigenvalue weighted by Crippen LogP contribution is 2.32. The zero-order chi connectivity index (χ0) is 23.0. The van der Waals surface area contributed by atoms with Crippen LogP contribution in [0, 0.1) is 5.92 Å². The maximum absolute atomic E-state index is 13.0. The standard InChI is InChI=1S/C21H27ClO8S/c1-3-31(26,27)18-8-7-14(21(25)19-16(23)5-4-6-17(19)24)20(22)15(18)13-30-12-11-29-10-9-28-2/h7-8,19H,3-6,9-13H2,1-2H3. The van der Waals surface area contributed by atoms with Crippen molar-refractivity contribution in [1.82, 2.24) is 0 Å². The number of hydrogen-bond donors (Lipinski definition) is 0. The number of ether oxygens (including phenoxy) is 3. The van der Waals surface area contributed by atoms with E-state index in [-0.39, 0.29) is 59.5 Å². The summed E-state index contributed by atoms with van der Waals surface area (Å²) in [5.74, 6) is -3.13. The van der Waals surface area contributed by atoms with Gasteiger partial charge >= 0.3 is 0 Å². The Bertz CT molecular complexity index is 910. The number of sulfone groups is 1. The fraction of sp³-hybridized carbons (Fsp3) is 0.571. The SMILES string of the molecule is CCS(=O)(=O)c1ccc(C(=O)C2C(=O)CCCC2=O)c(Cl)c1COCCOCCOC. The quantitative estimate of drug-likeness (QED) is 0.258. The van der Waals surface area contributed by atoms with E-state index in [1.165, 1.54) is 19.1 Å². The minimum Gasteiger partial charge on any atom is -0.382 e. The van der Waals surface area contributed by atoms with Gasteiger partial charge < -0.3 is 14.2 Å². The lowest BCUT2D eigenvalue weighted by Gasteiger charge is -2.20. The maximum atomic E-state index is 13.0. The average molecular weight is 475 g/mol. The molecule has 1 aromatic carbocycles. The van der Waals surface area contributed by atoms with Crippen LogP contribution in [0.1, 0.15) is 42.1 Å². The highest BCUT2D eigenvalue weighted by molar-refractivity contribution is 7.91. The number of rotatable bonds is 12. The second-order valence-electron chi connectivity index (χ2n) is 7.05. The van der Waals surface area contributed by atoms with Gasteiger partial charge in [0, 0.05) is 31.1 Å². The van der Waals surface area contributed by atoms with Crippen molar-refractivity contribution >= 4 is 38.8 Å². The van der Waals surface area contributed by atoms with Crippen LogP contribution in [0.3, 0.4) is 0 Å². The smallest absolute Gasteiger partial charge is 0.182 e. The van der Waals surface area contributed by atoms with Gasteiger partial charge in [0.1, 0.15) is 5.92 Å². The molecule has 0 radical (unpaired) electrons. The molecule has 0 bridgehead atoms. The van der Waals surface area contributed by atoms with Gasteiger partial charge in [0.15, 0.2) is 27.2 Å².